The van der Waals surface area contributed by atoms with E-state index >= 15 is 0 Å². The third-order valence-corrected chi connectivity index (χ3v) is 7.00. The number of hydrogen-bond acceptors (Lipinski definition) is 4. The topological polar surface area (TPSA) is 41.4 Å². The number of hydrogen-bond donors (Lipinski definition) is 0. The lowest BCUT2D eigenvalue weighted by Gasteiger charge is -2.23. The summed E-state index contributed by atoms with van der Waals surface area (Å²) in [6.07, 6.45) is 0.635. The van der Waals surface area contributed by atoms with Crippen LogP contribution in [0.5, 0.6) is 0 Å². The van der Waals surface area contributed by atoms with Gasteiger partial charge in [-0.3, -0.25) is 0 Å². The van der Waals surface area contributed by atoms with Crippen LogP contribution >= 0.6 is 27.5 Å². The quantitative estimate of drug-likeness (QED) is 0.224. The zero-order chi connectivity index (χ0) is 24.6. The Morgan fingerprint density at radius 2 is 1.58 bits per heavy atom. The lowest BCUT2D eigenvalue weighted by atomic mass is 9.98. The van der Waals surface area contributed by atoms with Crippen LogP contribution in [-0.4, -0.2) is 15.7 Å². The Labute approximate surface area is 221 Å². The van der Waals surface area contributed by atoms with E-state index in [1.54, 1.807) is 12.1 Å². The van der Waals surface area contributed by atoms with Crippen molar-refractivity contribution in [2.24, 2.45) is 5.10 Å². The standard InChI is InChI=1S/C29H19BrClFN4/c30-21-10-6-18(7-11-21)26-17-27(19-8-13-23(32)14-9-19)36(35-26)29-33-25-15-12-22(31)16-24(25)28(34-29)20-4-2-1-3-5-20/h1-16,27H,17H2/t27-/m0/s1. The Hall–Kier alpha value is -3.61. The van der Waals surface area contributed by atoms with Gasteiger partial charge in [0.1, 0.15) is 5.82 Å². The summed E-state index contributed by atoms with van der Waals surface area (Å²) in [4.78, 5) is 9.88. The minimum Gasteiger partial charge on any atom is -0.223 e. The molecular weight excluding hydrogens is 539 g/mol. The molecule has 4 nitrogen and oxygen atoms in total. The van der Waals surface area contributed by atoms with Crippen LogP contribution in [0.2, 0.25) is 5.02 Å². The van der Waals surface area contributed by atoms with E-state index in [1.165, 1.54) is 12.1 Å². The molecule has 0 bridgehead atoms. The fraction of sp³-hybridized carbons (Fsp3) is 0.0690. The molecule has 0 saturated heterocycles. The van der Waals surface area contributed by atoms with Crippen molar-refractivity contribution < 1.29 is 4.39 Å². The van der Waals surface area contributed by atoms with Gasteiger partial charge >= 0.3 is 0 Å². The van der Waals surface area contributed by atoms with Gasteiger partial charge in [-0.05, 0) is 53.6 Å². The van der Waals surface area contributed by atoms with Crippen LogP contribution in [0.4, 0.5) is 10.3 Å². The fourth-order valence-electron chi connectivity index (χ4n) is 4.46. The lowest BCUT2D eigenvalue weighted by molar-refractivity contribution is 0.623. The fourth-order valence-corrected chi connectivity index (χ4v) is 4.90. The first-order valence-electron chi connectivity index (χ1n) is 11.5. The van der Waals surface area contributed by atoms with Crippen LogP contribution in [0.15, 0.2) is 107 Å². The molecule has 6 rings (SSSR count). The Bertz CT molecular complexity index is 1590. The number of benzene rings is 4. The summed E-state index contributed by atoms with van der Waals surface area (Å²) in [5, 5.41) is 8.33. The summed E-state index contributed by atoms with van der Waals surface area (Å²) >= 11 is 9.84. The lowest BCUT2D eigenvalue weighted by Crippen LogP contribution is -2.21. The predicted octanol–water partition coefficient (Wildman–Crippen LogP) is 8.21. The van der Waals surface area contributed by atoms with Crippen molar-refractivity contribution in [3.05, 3.63) is 124 Å². The van der Waals surface area contributed by atoms with Crippen molar-refractivity contribution in [3.8, 4) is 11.3 Å². The molecule has 0 N–H and O–H groups in total. The van der Waals surface area contributed by atoms with E-state index in [4.69, 9.17) is 26.7 Å². The van der Waals surface area contributed by atoms with Crippen LogP contribution in [0, 0.1) is 5.82 Å². The monoisotopic (exact) mass is 556 g/mol. The Morgan fingerprint density at radius 3 is 2.33 bits per heavy atom. The number of anilines is 1. The van der Waals surface area contributed by atoms with E-state index in [0.717, 1.165) is 43.5 Å². The molecule has 0 amide bonds. The highest BCUT2D eigenvalue weighted by Gasteiger charge is 2.32. The van der Waals surface area contributed by atoms with Crippen molar-refractivity contribution in [1.82, 2.24) is 9.97 Å². The van der Waals surface area contributed by atoms with Crippen LogP contribution in [0.1, 0.15) is 23.6 Å². The molecule has 176 valence electrons. The minimum atomic E-state index is -0.275. The summed E-state index contributed by atoms with van der Waals surface area (Å²) in [5.41, 5.74) is 5.38. The number of hydrazone groups is 1. The smallest absolute Gasteiger partial charge is 0.223 e. The van der Waals surface area contributed by atoms with Gasteiger partial charge in [0.2, 0.25) is 5.95 Å². The summed E-state index contributed by atoms with van der Waals surface area (Å²) < 4.78 is 14.7. The SMILES string of the molecule is Fc1ccc([C@@H]2CC(c3ccc(Br)cc3)=NN2c2nc(-c3ccccc3)c3cc(Cl)ccc3n2)cc1. The molecule has 1 aliphatic heterocycles. The molecule has 0 fully saturated rings. The molecule has 36 heavy (non-hydrogen) atoms. The molecule has 0 unspecified atom stereocenters. The van der Waals surface area contributed by atoms with Gasteiger partial charge in [-0.25, -0.2) is 19.4 Å². The molecule has 7 heteroatoms. The van der Waals surface area contributed by atoms with E-state index in [9.17, 15) is 4.39 Å². The van der Waals surface area contributed by atoms with Gasteiger partial charge in [-0.15, -0.1) is 0 Å². The third-order valence-electron chi connectivity index (χ3n) is 6.24. The van der Waals surface area contributed by atoms with E-state index < -0.39 is 0 Å². The number of aromatic nitrogens is 2. The Morgan fingerprint density at radius 1 is 0.833 bits per heavy atom. The summed E-state index contributed by atoms with van der Waals surface area (Å²) in [6.45, 7) is 0. The normalized spacial score (nSPS) is 15.4. The van der Waals surface area contributed by atoms with Gasteiger partial charge in [0.15, 0.2) is 0 Å². The first-order valence-corrected chi connectivity index (χ1v) is 12.6. The molecule has 0 aliphatic carbocycles. The van der Waals surface area contributed by atoms with Gasteiger partial charge in [0.25, 0.3) is 0 Å². The van der Waals surface area contributed by atoms with Crippen LogP contribution in [0.3, 0.4) is 0 Å². The number of halogens is 3. The highest BCUT2D eigenvalue weighted by Crippen LogP contribution is 2.38. The molecule has 5 aromatic rings. The average molecular weight is 558 g/mol. The van der Waals surface area contributed by atoms with E-state index in [2.05, 4.69) is 15.9 Å². The second kappa shape index (κ2) is 9.45. The molecular formula is C29H19BrClFN4. The van der Waals surface area contributed by atoms with Crippen molar-refractivity contribution in [3.63, 3.8) is 0 Å². The van der Waals surface area contributed by atoms with Gasteiger partial charge in [-0.1, -0.05) is 82.1 Å². The van der Waals surface area contributed by atoms with Crippen LogP contribution in [-0.2, 0) is 0 Å². The maximum atomic E-state index is 13.7. The van der Waals surface area contributed by atoms with E-state index in [0.29, 0.717) is 17.4 Å². The zero-order valence-electron chi connectivity index (χ0n) is 18.9. The number of rotatable bonds is 4. The molecule has 0 spiro atoms. The van der Waals surface area contributed by atoms with Gasteiger partial charge < -0.3 is 0 Å². The maximum Gasteiger partial charge on any atom is 0.247 e. The molecule has 2 heterocycles. The van der Waals surface area contributed by atoms with Gasteiger partial charge in [0.05, 0.1) is 23.0 Å². The number of fused-ring (bicyclic) bond motifs is 1. The third kappa shape index (κ3) is 4.38. The zero-order valence-corrected chi connectivity index (χ0v) is 21.3. The second-order valence-electron chi connectivity index (χ2n) is 8.57. The minimum absolute atomic E-state index is 0.183. The summed E-state index contributed by atoms with van der Waals surface area (Å²) in [6, 6.07) is 30.0. The molecule has 0 radical (unpaired) electrons. The van der Waals surface area contributed by atoms with Gasteiger partial charge in [-0.2, -0.15) is 5.10 Å². The van der Waals surface area contributed by atoms with Crippen molar-refractivity contribution in [2.45, 2.75) is 12.5 Å². The Kier molecular flexibility index (Phi) is 5.99. The van der Waals surface area contributed by atoms with E-state index in [1.807, 2.05) is 77.8 Å². The second-order valence-corrected chi connectivity index (χ2v) is 9.92. The molecule has 1 atom stereocenters. The van der Waals surface area contributed by atoms with E-state index in [-0.39, 0.29) is 11.9 Å². The largest absolute Gasteiger partial charge is 0.247 e. The summed E-state index contributed by atoms with van der Waals surface area (Å²) in [7, 11) is 0. The first-order chi connectivity index (χ1) is 17.5. The summed E-state index contributed by atoms with van der Waals surface area (Å²) in [5.74, 6) is 0.202. The Balaban J connectivity index is 1.53. The van der Waals surface area contributed by atoms with Crippen LogP contribution < -0.4 is 5.01 Å². The number of nitrogens with zero attached hydrogens (tertiary/aromatic N) is 4. The average Bonchev–Trinajstić information content (AvgIpc) is 3.35. The highest BCUT2D eigenvalue weighted by atomic mass is 79.9. The maximum absolute atomic E-state index is 13.7. The van der Waals surface area contributed by atoms with Crippen LogP contribution in [0.25, 0.3) is 22.2 Å². The van der Waals surface area contributed by atoms with Crippen molar-refractivity contribution >= 4 is 50.1 Å². The first kappa shape index (κ1) is 22.8. The molecule has 4 aromatic carbocycles. The molecule has 1 aliphatic rings. The van der Waals surface area contributed by atoms with Gasteiger partial charge in [0, 0.05) is 26.9 Å². The van der Waals surface area contributed by atoms with Crippen molar-refractivity contribution in [1.29, 1.82) is 0 Å². The molecule has 1 aromatic heterocycles. The highest BCUT2D eigenvalue weighted by molar-refractivity contribution is 9.10. The molecule has 0 saturated carbocycles. The predicted molar refractivity (Wildman–Crippen MR) is 147 cm³/mol. The van der Waals surface area contributed by atoms with Crippen molar-refractivity contribution in [2.75, 3.05) is 5.01 Å².